The van der Waals surface area contributed by atoms with Crippen molar-refractivity contribution in [3.63, 3.8) is 0 Å². The number of anilines is 1. The number of hydrogen-bond donors (Lipinski definition) is 1. The van der Waals surface area contributed by atoms with Gasteiger partial charge in [-0.05, 0) is 25.7 Å². The van der Waals surface area contributed by atoms with E-state index >= 15 is 0 Å². The predicted molar refractivity (Wildman–Crippen MR) is 64.5 cm³/mol. The van der Waals surface area contributed by atoms with E-state index < -0.39 is 0 Å². The van der Waals surface area contributed by atoms with Crippen molar-refractivity contribution in [3.05, 3.63) is 12.4 Å². The summed E-state index contributed by atoms with van der Waals surface area (Å²) in [4.78, 5) is 4.34. The van der Waals surface area contributed by atoms with Gasteiger partial charge in [0.2, 0.25) is 5.95 Å². The van der Waals surface area contributed by atoms with Crippen LogP contribution in [0.2, 0.25) is 0 Å². The quantitative estimate of drug-likeness (QED) is 0.720. The zero-order valence-corrected chi connectivity index (χ0v) is 10.1. The SMILES string of the molecule is CCOCCCn1ccnc1NC1CC1C. The molecule has 1 fully saturated rings. The van der Waals surface area contributed by atoms with E-state index in [4.69, 9.17) is 4.74 Å². The summed E-state index contributed by atoms with van der Waals surface area (Å²) in [5, 5.41) is 3.47. The van der Waals surface area contributed by atoms with Gasteiger partial charge in [0.05, 0.1) is 0 Å². The summed E-state index contributed by atoms with van der Waals surface area (Å²) < 4.78 is 7.50. The van der Waals surface area contributed by atoms with Crippen LogP contribution in [0.25, 0.3) is 0 Å². The molecule has 0 bridgehead atoms. The summed E-state index contributed by atoms with van der Waals surface area (Å²) in [7, 11) is 0. The molecule has 0 aliphatic heterocycles. The number of nitrogens with zero attached hydrogens (tertiary/aromatic N) is 2. The molecule has 0 saturated heterocycles. The molecule has 1 N–H and O–H groups in total. The van der Waals surface area contributed by atoms with Gasteiger partial charge in [-0.15, -0.1) is 0 Å². The Balaban J connectivity index is 1.77. The zero-order chi connectivity index (χ0) is 11.4. The van der Waals surface area contributed by atoms with E-state index in [1.54, 1.807) is 0 Å². The number of aromatic nitrogens is 2. The molecule has 0 radical (unpaired) electrons. The van der Waals surface area contributed by atoms with Gasteiger partial charge in [-0.1, -0.05) is 6.92 Å². The van der Waals surface area contributed by atoms with E-state index in [2.05, 4.69) is 21.8 Å². The van der Waals surface area contributed by atoms with Gasteiger partial charge >= 0.3 is 0 Å². The summed E-state index contributed by atoms with van der Waals surface area (Å²) in [5.41, 5.74) is 0. The first kappa shape index (κ1) is 11.5. The lowest BCUT2D eigenvalue weighted by molar-refractivity contribution is 0.142. The van der Waals surface area contributed by atoms with Gasteiger partial charge in [0, 0.05) is 38.2 Å². The van der Waals surface area contributed by atoms with Crippen LogP contribution in [0.15, 0.2) is 12.4 Å². The number of hydrogen-bond acceptors (Lipinski definition) is 3. The molecule has 1 aromatic heterocycles. The van der Waals surface area contributed by atoms with Crippen LogP contribution in [0.5, 0.6) is 0 Å². The average Bonchev–Trinajstić information content (AvgIpc) is 2.77. The summed E-state index contributed by atoms with van der Waals surface area (Å²) in [6.07, 6.45) is 6.20. The van der Waals surface area contributed by atoms with Gasteiger partial charge in [-0.2, -0.15) is 0 Å². The summed E-state index contributed by atoms with van der Waals surface area (Å²) in [6, 6.07) is 0.632. The minimum absolute atomic E-state index is 0.632. The monoisotopic (exact) mass is 223 g/mol. The molecule has 2 atom stereocenters. The largest absolute Gasteiger partial charge is 0.382 e. The lowest BCUT2D eigenvalue weighted by Crippen LogP contribution is -2.11. The maximum atomic E-state index is 5.33. The maximum Gasteiger partial charge on any atom is 0.202 e. The molecule has 4 nitrogen and oxygen atoms in total. The third-order valence-electron chi connectivity index (χ3n) is 3.03. The Morgan fingerprint density at radius 3 is 3.12 bits per heavy atom. The second kappa shape index (κ2) is 5.34. The van der Waals surface area contributed by atoms with Crippen LogP contribution < -0.4 is 5.32 Å². The predicted octanol–water partition coefficient (Wildman–Crippen LogP) is 2.13. The summed E-state index contributed by atoms with van der Waals surface area (Å²) in [5.74, 6) is 1.81. The van der Waals surface area contributed by atoms with Crippen LogP contribution in [-0.2, 0) is 11.3 Å². The highest BCUT2D eigenvalue weighted by atomic mass is 16.5. The molecule has 16 heavy (non-hydrogen) atoms. The fourth-order valence-corrected chi connectivity index (χ4v) is 1.80. The van der Waals surface area contributed by atoms with E-state index in [-0.39, 0.29) is 0 Å². The van der Waals surface area contributed by atoms with Crippen molar-refractivity contribution in [2.24, 2.45) is 5.92 Å². The molecule has 1 saturated carbocycles. The van der Waals surface area contributed by atoms with Crippen LogP contribution >= 0.6 is 0 Å². The number of nitrogens with one attached hydrogen (secondary N) is 1. The van der Waals surface area contributed by atoms with Crippen LogP contribution in [-0.4, -0.2) is 28.8 Å². The number of imidazole rings is 1. The van der Waals surface area contributed by atoms with E-state index in [9.17, 15) is 0 Å². The Hall–Kier alpha value is -1.03. The molecule has 0 amide bonds. The molecule has 2 unspecified atom stereocenters. The van der Waals surface area contributed by atoms with E-state index in [0.717, 1.165) is 38.0 Å². The summed E-state index contributed by atoms with van der Waals surface area (Å²) >= 11 is 0. The van der Waals surface area contributed by atoms with Crippen molar-refractivity contribution in [3.8, 4) is 0 Å². The van der Waals surface area contributed by atoms with Crippen molar-refractivity contribution in [2.45, 2.75) is 39.3 Å². The lowest BCUT2D eigenvalue weighted by atomic mass is 10.4. The fourth-order valence-electron chi connectivity index (χ4n) is 1.80. The highest BCUT2D eigenvalue weighted by molar-refractivity contribution is 5.30. The first-order valence-corrected chi connectivity index (χ1v) is 6.16. The molecule has 1 aromatic rings. The van der Waals surface area contributed by atoms with Crippen LogP contribution in [0.1, 0.15) is 26.7 Å². The van der Waals surface area contributed by atoms with Crippen molar-refractivity contribution < 1.29 is 4.74 Å². The van der Waals surface area contributed by atoms with Crippen molar-refractivity contribution >= 4 is 5.95 Å². The smallest absolute Gasteiger partial charge is 0.202 e. The molecule has 1 aliphatic carbocycles. The Labute approximate surface area is 97.0 Å². The molecule has 90 valence electrons. The molecular formula is C12H21N3O. The van der Waals surface area contributed by atoms with E-state index in [1.165, 1.54) is 6.42 Å². The first-order chi connectivity index (χ1) is 7.81. The maximum absolute atomic E-state index is 5.33. The van der Waals surface area contributed by atoms with Gasteiger partial charge < -0.3 is 14.6 Å². The Morgan fingerprint density at radius 2 is 2.44 bits per heavy atom. The third kappa shape index (κ3) is 2.98. The zero-order valence-electron chi connectivity index (χ0n) is 10.1. The van der Waals surface area contributed by atoms with Crippen LogP contribution in [0.3, 0.4) is 0 Å². The number of aryl methyl sites for hydroxylation is 1. The second-order valence-electron chi connectivity index (χ2n) is 4.46. The highest BCUT2D eigenvalue weighted by Gasteiger charge is 2.33. The molecule has 2 rings (SSSR count). The molecule has 0 spiro atoms. The highest BCUT2D eigenvalue weighted by Crippen LogP contribution is 2.32. The number of ether oxygens (including phenoxy) is 1. The molecule has 0 aromatic carbocycles. The van der Waals surface area contributed by atoms with Gasteiger partial charge in [0.1, 0.15) is 0 Å². The van der Waals surface area contributed by atoms with Crippen molar-refractivity contribution in [1.82, 2.24) is 9.55 Å². The van der Waals surface area contributed by atoms with Crippen molar-refractivity contribution in [1.29, 1.82) is 0 Å². The van der Waals surface area contributed by atoms with E-state index in [1.807, 2.05) is 19.3 Å². The standard InChI is InChI=1S/C12H21N3O/c1-3-16-8-4-6-15-7-5-13-12(15)14-11-9-10(11)2/h5,7,10-11H,3-4,6,8-9H2,1-2H3,(H,13,14). The Kier molecular flexibility index (Phi) is 3.83. The van der Waals surface area contributed by atoms with Crippen LogP contribution in [0.4, 0.5) is 5.95 Å². The van der Waals surface area contributed by atoms with Gasteiger partial charge in [0.25, 0.3) is 0 Å². The number of rotatable bonds is 7. The Bertz CT molecular complexity index is 324. The minimum Gasteiger partial charge on any atom is -0.382 e. The van der Waals surface area contributed by atoms with Gasteiger partial charge in [-0.3, -0.25) is 0 Å². The normalized spacial score (nSPS) is 23.4. The van der Waals surface area contributed by atoms with Gasteiger partial charge in [0.15, 0.2) is 0 Å². The Morgan fingerprint density at radius 1 is 1.62 bits per heavy atom. The van der Waals surface area contributed by atoms with E-state index in [0.29, 0.717) is 6.04 Å². The topological polar surface area (TPSA) is 39.1 Å². The minimum atomic E-state index is 0.632. The summed E-state index contributed by atoms with van der Waals surface area (Å²) in [6.45, 7) is 6.89. The van der Waals surface area contributed by atoms with Gasteiger partial charge in [-0.25, -0.2) is 4.98 Å². The average molecular weight is 223 g/mol. The molecule has 4 heteroatoms. The first-order valence-electron chi connectivity index (χ1n) is 6.16. The second-order valence-corrected chi connectivity index (χ2v) is 4.46. The fraction of sp³-hybridized carbons (Fsp3) is 0.750. The lowest BCUT2D eigenvalue weighted by Gasteiger charge is -2.09. The molecule has 1 aliphatic rings. The van der Waals surface area contributed by atoms with Crippen molar-refractivity contribution in [2.75, 3.05) is 18.5 Å². The third-order valence-corrected chi connectivity index (χ3v) is 3.03. The molecular weight excluding hydrogens is 202 g/mol. The van der Waals surface area contributed by atoms with Crippen LogP contribution in [0, 0.1) is 5.92 Å². The molecule has 1 heterocycles.